The molecule has 2 aliphatic heterocycles. The van der Waals surface area contributed by atoms with Crippen LogP contribution in [-0.4, -0.2) is 41.9 Å². The molecule has 0 radical (unpaired) electrons. The predicted molar refractivity (Wildman–Crippen MR) is 115 cm³/mol. The van der Waals surface area contributed by atoms with Gasteiger partial charge in [0.05, 0.1) is 18.2 Å². The van der Waals surface area contributed by atoms with Crippen LogP contribution in [0.3, 0.4) is 0 Å². The number of carbonyl (C=O) groups is 1. The SMILES string of the molecule is Cc1ccc(C2OCCCC2CNC(=O)[C@H]2CNC[C@@H]2c2cnn(C)c2)cc1.Cl. The van der Waals surface area contributed by atoms with Crippen LogP contribution in [0.2, 0.25) is 0 Å². The average molecular weight is 419 g/mol. The summed E-state index contributed by atoms with van der Waals surface area (Å²) in [7, 11) is 1.91. The Bertz CT molecular complexity index is 807. The summed E-state index contributed by atoms with van der Waals surface area (Å²) < 4.78 is 7.89. The molecule has 0 aliphatic carbocycles. The minimum absolute atomic E-state index is 0. The van der Waals surface area contributed by atoms with Gasteiger partial charge in [0, 0.05) is 51.3 Å². The van der Waals surface area contributed by atoms with Gasteiger partial charge in [0.25, 0.3) is 0 Å². The first kappa shape index (κ1) is 21.8. The molecule has 2 saturated heterocycles. The lowest BCUT2D eigenvalue weighted by molar-refractivity contribution is -0.125. The zero-order chi connectivity index (χ0) is 19.5. The van der Waals surface area contributed by atoms with Crippen molar-refractivity contribution in [2.45, 2.75) is 31.8 Å². The molecule has 2 unspecified atom stereocenters. The van der Waals surface area contributed by atoms with Gasteiger partial charge in [0.15, 0.2) is 0 Å². The molecule has 29 heavy (non-hydrogen) atoms. The monoisotopic (exact) mass is 418 g/mol. The van der Waals surface area contributed by atoms with Crippen molar-refractivity contribution in [3.8, 4) is 0 Å². The Morgan fingerprint density at radius 2 is 2.07 bits per heavy atom. The standard InChI is InChI=1S/C22H30N4O2.ClH/c1-15-5-7-16(8-6-15)21-17(4-3-9-28-21)10-24-22(27)20-13-23-12-19(20)18-11-25-26(2)14-18;/h5-8,11,14,17,19-21,23H,3-4,9-10,12-13H2,1-2H3,(H,24,27);1H/t17?,19-,20+,21?;/m1./s1. The highest BCUT2D eigenvalue weighted by Crippen LogP contribution is 2.34. The molecule has 1 amide bonds. The van der Waals surface area contributed by atoms with E-state index in [-0.39, 0.29) is 36.3 Å². The summed E-state index contributed by atoms with van der Waals surface area (Å²) in [6.07, 6.45) is 6.08. The van der Waals surface area contributed by atoms with Crippen molar-refractivity contribution in [2.24, 2.45) is 18.9 Å². The number of benzene rings is 1. The van der Waals surface area contributed by atoms with Crippen molar-refractivity contribution in [3.05, 3.63) is 53.3 Å². The van der Waals surface area contributed by atoms with E-state index in [0.29, 0.717) is 19.0 Å². The lowest BCUT2D eigenvalue weighted by Gasteiger charge is -2.32. The smallest absolute Gasteiger partial charge is 0.225 e. The van der Waals surface area contributed by atoms with Crippen LogP contribution in [0.1, 0.15) is 41.6 Å². The molecule has 0 bridgehead atoms. The molecule has 6 nitrogen and oxygen atoms in total. The fraction of sp³-hybridized carbons (Fsp3) is 0.545. The number of aryl methyl sites for hydroxylation is 2. The van der Waals surface area contributed by atoms with Gasteiger partial charge in [-0.2, -0.15) is 5.10 Å². The third-order valence-electron chi connectivity index (χ3n) is 6.09. The van der Waals surface area contributed by atoms with E-state index >= 15 is 0 Å². The van der Waals surface area contributed by atoms with Gasteiger partial charge < -0.3 is 15.4 Å². The van der Waals surface area contributed by atoms with Crippen LogP contribution in [-0.2, 0) is 16.6 Å². The zero-order valence-electron chi connectivity index (χ0n) is 17.1. The van der Waals surface area contributed by atoms with Crippen molar-refractivity contribution in [3.63, 3.8) is 0 Å². The van der Waals surface area contributed by atoms with E-state index in [2.05, 4.69) is 46.9 Å². The highest BCUT2D eigenvalue weighted by Gasteiger charge is 2.35. The topological polar surface area (TPSA) is 68.2 Å². The van der Waals surface area contributed by atoms with Crippen molar-refractivity contribution in [1.29, 1.82) is 0 Å². The molecule has 1 aromatic heterocycles. The van der Waals surface area contributed by atoms with Gasteiger partial charge >= 0.3 is 0 Å². The first-order valence-corrected chi connectivity index (χ1v) is 10.3. The van der Waals surface area contributed by atoms with E-state index in [0.717, 1.165) is 31.6 Å². The van der Waals surface area contributed by atoms with E-state index in [1.807, 2.05) is 19.4 Å². The minimum Gasteiger partial charge on any atom is -0.373 e. The highest BCUT2D eigenvalue weighted by molar-refractivity contribution is 5.85. The lowest BCUT2D eigenvalue weighted by Crippen LogP contribution is -2.39. The maximum absolute atomic E-state index is 12.9. The number of aromatic nitrogens is 2. The van der Waals surface area contributed by atoms with Gasteiger partial charge in [-0.05, 0) is 30.9 Å². The Hall–Kier alpha value is -1.89. The van der Waals surface area contributed by atoms with Gasteiger partial charge in [-0.3, -0.25) is 9.48 Å². The van der Waals surface area contributed by atoms with Crippen LogP contribution in [0.5, 0.6) is 0 Å². The molecule has 0 saturated carbocycles. The summed E-state index contributed by atoms with van der Waals surface area (Å²) in [5.74, 6) is 0.578. The van der Waals surface area contributed by atoms with Crippen LogP contribution >= 0.6 is 12.4 Å². The van der Waals surface area contributed by atoms with Crippen LogP contribution in [0.25, 0.3) is 0 Å². The Balaban J connectivity index is 0.00000240. The zero-order valence-corrected chi connectivity index (χ0v) is 18.0. The first-order valence-electron chi connectivity index (χ1n) is 10.3. The van der Waals surface area contributed by atoms with Gasteiger partial charge in [-0.25, -0.2) is 0 Å². The number of amides is 1. The maximum Gasteiger partial charge on any atom is 0.225 e. The molecule has 2 fully saturated rings. The maximum atomic E-state index is 12.9. The molecule has 7 heteroatoms. The largest absolute Gasteiger partial charge is 0.373 e. The van der Waals surface area contributed by atoms with E-state index in [1.54, 1.807) is 4.68 Å². The van der Waals surface area contributed by atoms with Crippen molar-refractivity contribution >= 4 is 18.3 Å². The van der Waals surface area contributed by atoms with Crippen LogP contribution in [0.15, 0.2) is 36.7 Å². The van der Waals surface area contributed by atoms with Crippen molar-refractivity contribution in [1.82, 2.24) is 20.4 Å². The fourth-order valence-corrected chi connectivity index (χ4v) is 4.48. The number of halogens is 1. The second-order valence-electron chi connectivity index (χ2n) is 8.17. The predicted octanol–water partition coefficient (Wildman–Crippen LogP) is 2.74. The number of carbonyl (C=O) groups excluding carboxylic acids is 1. The molecular weight excluding hydrogens is 388 g/mol. The molecule has 2 aliphatic rings. The Morgan fingerprint density at radius 3 is 2.79 bits per heavy atom. The van der Waals surface area contributed by atoms with Crippen molar-refractivity contribution in [2.75, 3.05) is 26.2 Å². The Kier molecular flexibility index (Phi) is 7.33. The van der Waals surface area contributed by atoms with E-state index in [9.17, 15) is 4.79 Å². The molecular formula is C22H31ClN4O2. The number of nitrogens with zero attached hydrogens (tertiary/aromatic N) is 2. The van der Waals surface area contributed by atoms with Crippen LogP contribution < -0.4 is 10.6 Å². The molecule has 1 aromatic carbocycles. The fourth-order valence-electron chi connectivity index (χ4n) is 4.48. The van der Waals surface area contributed by atoms with Gasteiger partial charge in [-0.15, -0.1) is 12.4 Å². The third kappa shape index (κ3) is 5.00. The minimum atomic E-state index is -0.0495. The average Bonchev–Trinajstić information content (AvgIpc) is 3.36. The van der Waals surface area contributed by atoms with E-state index in [1.165, 1.54) is 11.1 Å². The first-order chi connectivity index (χ1) is 13.6. The Morgan fingerprint density at radius 1 is 1.28 bits per heavy atom. The summed E-state index contributed by atoms with van der Waals surface area (Å²) in [6, 6.07) is 8.57. The summed E-state index contributed by atoms with van der Waals surface area (Å²) in [5.41, 5.74) is 3.59. The second-order valence-corrected chi connectivity index (χ2v) is 8.17. The molecule has 2 N–H and O–H groups in total. The Labute approximate surface area is 178 Å². The second kappa shape index (κ2) is 9.74. The summed E-state index contributed by atoms with van der Waals surface area (Å²) in [5, 5.41) is 10.9. The molecule has 0 spiro atoms. The number of rotatable bonds is 5. The summed E-state index contributed by atoms with van der Waals surface area (Å²) in [6.45, 7) is 5.08. The summed E-state index contributed by atoms with van der Waals surface area (Å²) >= 11 is 0. The number of hydrogen-bond donors (Lipinski definition) is 2. The number of hydrogen-bond acceptors (Lipinski definition) is 4. The molecule has 4 atom stereocenters. The van der Waals surface area contributed by atoms with Gasteiger partial charge in [0.1, 0.15) is 0 Å². The lowest BCUT2D eigenvalue weighted by atomic mass is 9.88. The van der Waals surface area contributed by atoms with Crippen molar-refractivity contribution < 1.29 is 9.53 Å². The van der Waals surface area contributed by atoms with Gasteiger partial charge in [-0.1, -0.05) is 29.8 Å². The molecule has 3 heterocycles. The molecule has 158 valence electrons. The number of ether oxygens (including phenoxy) is 1. The van der Waals surface area contributed by atoms with E-state index < -0.39 is 0 Å². The van der Waals surface area contributed by atoms with Crippen LogP contribution in [0.4, 0.5) is 0 Å². The van der Waals surface area contributed by atoms with Crippen LogP contribution in [0, 0.1) is 18.8 Å². The molecule has 2 aromatic rings. The molecule has 4 rings (SSSR count). The summed E-state index contributed by atoms with van der Waals surface area (Å²) in [4.78, 5) is 12.9. The van der Waals surface area contributed by atoms with Gasteiger partial charge in [0.2, 0.25) is 5.91 Å². The quantitative estimate of drug-likeness (QED) is 0.783. The highest BCUT2D eigenvalue weighted by atomic mass is 35.5. The van der Waals surface area contributed by atoms with E-state index in [4.69, 9.17) is 4.74 Å². The number of nitrogens with one attached hydrogen (secondary N) is 2. The normalized spacial score (nSPS) is 26.7. The third-order valence-corrected chi connectivity index (χ3v) is 6.09.